The first-order valence-electron chi connectivity index (χ1n) is 13.7. The van der Waals surface area contributed by atoms with Crippen LogP contribution in [0.1, 0.15) is 122 Å². The number of hydrogen-bond acceptors (Lipinski definition) is 1. The Morgan fingerprint density at radius 1 is 0.719 bits per heavy atom. The standard InChI is InChI=1S/C29H44F2O/c1-3-5-20-7-10-22(11-8-20)23-12-14-24(15-13-23)26-17-18-27(29(31)28(26)30)32-25-16-9-21(19-25)6-4-2/h17-18,20-25H,3-16,19H2,1-2H3. The monoisotopic (exact) mass is 446 g/mol. The second kappa shape index (κ2) is 11.3. The third-order valence-corrected chi connectivity index (χ3v) is 9.03. The Hall–Kier alpha value is -1.12. The van der Waals surface area contributed by atoms with Crippen LogP contribution in [0.15, 0.2) is 12.1 Å². The molecule has 0 radical (unpaired) electrons. The lowest BCUT2D eigenvalue weighted by molar-refractivity contribution is 0.155. The average molecular weight is 447 g/mol. The maximum absolute atomic E-state index is 15.0. The summed E-state index contributed by atoms with van der Waals surface area (Å²) in [5, 5.41) is 0. The Balaban J connectivity index is 1.30. The average Bonchev–Trinajstić information content (AvgIpc) is 3.25. The van der Waals surface area contributed by atoms with Crippen LogP contribution in [0.3, 0.4) is 0 Å². The Kier molecular flexibility index (Phi) is 8.51. The molecule has 4 rings (SSSR count). The van der Waals surface area contributed by atoms with Crippen LogP contribution in [0.5, 0.6) is 5.75 Å². The van der Waals surface area contributed by atoms with Gasteiger partial charge in [0.25, 0.3) is 0 Å². The van der Waals surface area contributed by atoms with Crippen LogP contribution in [0.2, 0.25) is 0 Å². The molecule has 3 fully saturated rings. The molecule has 0 saturated heterocycles. The van der Waals surface area contributed by atoms with Gasteiger partial charge in [0.1, 0.15) is 0 Å². The van der Waals surface area contributed by atoms with Crippen LogP contribution in [0, 0.1) is 35.3 Å². The lowest BCUT2D eigenvalue weighted by Gasteiger charge is -2.38. The van der Waals surface area contributed by atoms with Crippen LogP contribution in [-0.4, -0.2) is 6.10 Å². The van der Waals surface area contributed by atoms with Gasteiger partial charge >= 0.3 is 0 Å². The van der Waals surface area contributed by atoms with Gasteiger partial charge in [0.2, 0.25) is 5.82 Å². The zero-order chi connectivity index (χ0) is 22.5. The van der Waals surface area contributed by atoms with Gasteiger partial charge in [-0.1, -0.05) is 58.4 Å². The highest BCUT2D eigenvalue weighted by Gasteiger charge is 2.33. The van der Waals surface area contributed by atoms with E-state index in [9.17, 15) is 4.39 Å². The van der Waals surface area contributed by atoms with Gasteiger partial charge in [0.05, 0.1) is 6.10 Å². The first-order valence-corrected chi connectivity index (χ1v) is 13.7. The van der Waals surface area contributed by atoms with Crippen LogP contribution < -0.4 is 4.74 Å². The normalized spacial score (nSPS) is 33.4. The smallest absolute Gasteiger partial charge is 0.200 e. The van der Waals surface area contributed by atoms with E-state index in [1.807, 2.05) is 6.07 Å². The number of rotatable bonds is 8. The minimum Gasteiger partial charge on any atom is -0.487 e. The lowest BCUT2D eigenvalue weighted by atomic mass is 9.68. The summed E-state index contributed by atoms with van der Waals surface area (Å²) in [5.41, 5.74) is 0.579. The first-order chi connectivity index (χ1) is 15.6. The fourth-order valence-corrected chi connectivity index (χ4v) is 7.20. The highest BCUT2D eigenvalue weighted by Crippen LogP contribution is 2.45. The molecular formula is C29H44F2O. The molecule has 1 aromatic carbocycles. The lowest BCUT2D eigenvalue weighted by Crippen LogP contribution is -2.25. The summed E-state index contributed by atoms with van der Waals surface area (Å²) in [5.74, 6) is 2.14. The van der Waals surface area contributed by atoms with Crippen molar-refractivity contribution in [2.75, 3.05) is 0 Å². The SMILES string of the molecule is CCCC1CCC(C2CCC(c3ccc(OC4CCC(CCC)C4)c(F)c3F)CC2)CC1. The third-order valence-electron chi connectivity index (χ3n) is 9.03. The van der Waals surface area contributed by atoms with E-state index >= 15 is 4.39 Å². The van der Waals surface area contributed by atoms with Crippen LogP contribution in [-0.2, 0) is 0 Å². The first kappa shape index (κ1) is 24.0. The van der Waals surface area contributed by atoms with E-state index < -0.39 is 11.6 Å². The third kappa shape index (κ3) is 5.68. The topological polar surface area (TPSA) is 9.23 Å². The molecule has 1 aromatic rings. The maximum atomic E-state index is 15.0. The van der Waals surface area contributed by atoms with Gasteiger partial charge in [0.15, 0.2) is 11.6 Å². The van der Waals surface area contributed by atoms with Crippen molar-refractivity contribution in [1.29, 1.82) is 0 Å². The molecule has 32 heavy (non-hydrogen) atoms. The number of benzene rings is 1. The fraction of sp³-hybridized carbons (Fsp3) is 0.793. The molecule has 0 heterocycles. The summed E-state index contributed by atoms with van der Waals surface area (Å²) in [6.07, 6.45) is 18.1. The number of hydrogen-bond donors (Lipinski definition) is 0. The minimum atomic E-state index is -0.766. The van der Waals surface area contributed by atoms with E-state index in [2.05, 4.69) is 13.8 Å². The van der Waals surface area contributed by atoms with Crippen LogP contribution >= 0.6 is 0 Å². The predicted octanol–water partition coefficient (Wildman–Crippen LogP) is 9.19. The van der Waals surface area contributed by atoms with Gasteiger partial charge in [-0.2, -0.15) is 4.39 Å². The molecule has 180 valence electrons. The molecular weight excluding hydrogens is 402 g/mol. The van der Waals surface area contributed by atoms with Gasteiger partial charge in [0, 0.05) is 0 Å². The van der Waals surface area contributed by atoms with Crippen molar-refractivity contribution in [1.82, 2.24) is 0 Å². The van der Waals surface area contributed by atoms with Gasteiger partial charge < -0.3 is 4.74 Å². The Labute approximate surface area is 194 Å². The van der Waals surface area contributed by atoms with E-state index in [0.29, 0.717) is 11.5 Å². The molecule has 0 spiro atoms. The largest absolute Gasteiger partial charge is 0.487 e. The van der Waals surface area contributed by atoms with Crippen LogP contribution in [0.25, 0.3) is 0 Å². The highest BCUT2D eigenvalue weighted by atomic mass is 19.2. The summed E-state index contributed by atoms with van der Waals surface area (Å²) < 4.78 is 35.8. The van der Waals surface area contributed by atoms with Crippen molar-refractivity contribution in [2.24, 2.45) is 23.7 Å². The summed E-state index contributed by atoms with van der Waals surface area (Å²) in [6.45, 7) is 4.50. The zero-order valence-electron chi connectivity index (χ0n) is 20.4. The molecule has 3 heteroatoms. The second-order valence-corrected chi connectivity index (χ2v) is 11.2. The van der Waals surface area contributed by atoms with Gasteiger partial charge in [-0.05, 0) is 99.0 Å². The zero-order valence-corrected chi connectivity index (χ0v) is 20.4. The Morgan fingerprint density at radius 3 is 1.97 bits per heavy atom. The maximum Gasteiger partial charge on any atom is 0.200 e. The quantitative estimate of drug-likeness (QED) is 0.387. The van der Waals surface area contributed by atoms with Crippen molar-refractivity contribution in [3.63, 3.8) is 0 Å². The molecule has 0 bridgehead atoms. The van der Waals surface area contributed by atoms with E-state index in [-0.39, 0.29) is 17.8 Å². The number of ether oxygens (including phenoxy) is 1. The van der Waals surface area contributed by atoms with E-state index in [1.165, 1.54) is 64.2 Å². The van der Waals surface area contributed by atoms with Crippen LogP contribution in [0.4, 0.5) is 8.78 Å². The van der Waals surface area contributed by atoms with Gasteiger partial charge in [-0.25, -0.2) is 4.39 Å². The van der Waals surface area contributed by atoms with Crippen molar-refractivity contribution < 1.29 is 13.5 Å². The molecule has 0 aliphatic heterocycles. The summed E-state index contributed by atoms with van der Waals surface area (Å²) in [7, 11) is 0. The molecule has 0 amide bonds. The molecule has 0 N–H and O–H groups in total. The molecule has 3 aliphatic rings. The van der Waals surface area contributed by atoms with Crippen molar-refractivity contribution >= 4 is 0 Å². The molecule has 3 aliphatic carbocycles. The summed E-state index contributed by atoms with van der Waals surface area (Å²) in [6, 6.07) is 3.51. The molecule has 2 atom stereocenters. The summed E-state index contributed by atoms with van der Waals surface area (Å²) in [4.78, 5) is 0. The minimum absolute atomic E-state index is 0.0363. The Morgan fingerprint density at radius 2 is 1.31 bits per heavy atom. The van der Waals surface area contributed by atoms with Crippen molar-refractivity contribution in [2.45, 2.75) is 122 Å². The van der Waals surface area contributed by atoms with E-state index in [1.54, 1.807) is 6.07 Å². The van der Waals surface area contributed by atoms with E-state index in [4.69, 9.17) is 4.74 Å². The summed E-state index contributed by atoms with van der Waals surface area (Å²) >= 11 is 0. The molecule has 1 nitrogen and oxygen atoms in total. The Bertz CT molecular complexity index is 716. The fourth-order valence-electron chi connectivity index (χ4n) is 7.20. The van der Waals surface area contributed by atoms with Crippen molar-refractivity contribution in [3.05, 3.63) is 29.3 Å². The number of halogens is 2. The molecule has 0 aromatic heterocycles. The highest BCUT2D eigenvalue weighted by molar-refractivity contribution is 5.33. The molecule has 2 unspecified atom stereocenters. The van der Waals surface area contributed by atoms with E-state index in [0.717, 1.165) is 49.9 Å². The molecule has 3 saturated carbocycles. The van der Waals surface area contributed by atoms with Gasteiger partial charge in [-0.3, -0.25) is 0 Å². The van der Waals surface area contributed by atoms with Crippen molar-refractivity contribution in [3.8, 4) is 5.75 Å². The second-order valence-electron chi connectivity index (χ2n) is 11.2. The van der Waals surface area contributed by atoms with Gasteiger partial charge in [-0.15, -0.1) is 0 Å². The predicted molar refractivity (Wildman–Crippen MR) is 128 cm³/mol.